The number of hydrogen-bond acceptors (Lipinski definition) is 4. The molecule has 0 saturated carbocycles. The molecule has 3 aromatic rings. The molecule has 1 aliphatic rings. The number of carbonyl (C=O) groups excluding carboxylic acids is 2. The van der Waals surface area contributed by atoms with Gasteiger partial charge in [0.15, 0.2) is 0 Å². The summed E-state index contributed by atoms with van der Waals surface area (Å²) in [7, 11) is 0. The molecule has 4 rings (SSSR count). The van der Waals surface area contributed by atoms with E-state index in [1.165, 1.54) is 0 Å². The summed E-state index contributed by atoms with van der Waals surface area (Å²) in [4.78, 5) is 37.1. The third-order valence-electron chi connectivity index (χ3n) is 6.22. The van der Waals surface area contributed by atoms with E-state index in [1.807, 2.05) is 43.3 Å². The van der Waals surface area contributed by atoms with Crippen LogP contribution in [0, 0.1) is 12.8 Å². The van der Waals surface area contributed by atoms with Crippen molar-refractivity contribution in [3.05, 3.63) is 89.0 Å². The Morgan fingerprint density at radius 2 is 1.54 bits per heavy atom. The van der Waals surface area contributed by atoms with Crippen LogP contribution in [0.1, 0.15) is 46.8 Å². The van der Waals surface area contributed by atoms with E-state index in [-0.39, 0.29) is 29.7 Å². The lowest BCUT2D eigenvalue weighted by Gasteiger charge is -2.19. The Labute approximate surface area is 204 Å². The van der Waals surface area contributed by atoms with Crippen molar-refractivity contribution < 1.29 is 24.2 Å². The van der Waals surface area contributed by atoms with E-state index in [2.05, 4.69) is 22.8 Å². The molecule has 3 aromatic carbocycles. The molecule has 0 aromatic heterocycles. The first-order chi connectivity index (χ1) is 16.8. The van der Waals surface area contributed by atoms with Crippen molar-refractivity contribution in [2.45, 2.75) is 32.7 Å². The molecule has 3 N–H and O–H groups in total. The van der Waals surface area contributed by atoms with E-state index >= 15 is 0 Å². The Morgan fingerprint density at radius 1 is 0.943 bits per heavy atom. The minimum atomic E-state index is -1.12. The number of ether oxygens (including phenoxy) is 1. The van der Waals surface area contributed by atoms with Crippen molar-refractivity contribution in [1.82, 2.24) is 5.32 Å². The van der Waals surface area contributed by atoms with Crippen molar-refractivity contribution in [3.8, 4) is 11.1 Å². The van der Waals surface area contributed by atoms with Gasteiger partial charge in [-0.15, -0.1) is 0 Å². The number of nitrogens with one attached hydrogen (secondary N) is 2. The van der Waals surface area contributed by atoms with Crippen LogP contribution < -0.4 is 10.6 Å². The van der Waals surface area contributed by atoms with Gasteiger partial charge in [0.05, 0.1) is 11.3 Å². The van der Waals surface area contributed by atoms with E-state index in [4.69, 9.17) is 4.74 Å². The number of rotatable bonds is 7. The van der Waals surface area contributed by atoms with E-state index < -0.39 is 24.0 Å². The van der Waals surface area contributed by atoms with E-state index in [1.54, 1.807) is 32.0 Å². The molecule has 0 unspecified atom stereocenters. The van der Waals surface area contributed by atoms with Crippen molar-refractivity contribution in [3.63, 3.8) is 0 Å². The van der Waals surface area contributed by atoms with Crippen molar-refractivity contribution in [2.75, 3.05) is 11.9 Å². The Hall–Kier alpha value is -4.13. The van der Waals surface area contributed by atoms with Crippen LogP contribution in [0.15, 0.2) is 66.7 Å². The highest BCUT2D eigenvalue weighted by Crippen LogP contribution is 2.44. The zero-order chi connectivity index (χ0) is 25.1. The van der Waals surface area contributed by atoms with Gasteiger partial charge in [-0.05, 0) is 47.2 Å². The maximum atomic E-state index is 12.9. The first-order valence-electron chi connectivity index (χ1n) is 11.5. The second-order valence-electron chi connectivity index (χ2n) is 9.03. The number of anilines is 1. The Morgan fingerprint density at radius 3 is 2.11 bits per heavy atom. The summed E-state index contributed by atoms with van der Waals surface area (Å²) in [5.74, 6) is -2.09. The predicted octanol–water partition coefficient (Wildman–Crippen LogP) is 5.20. The molecule has 180 valence electrons. The van der Waals surface area contributed by atoms with Crippen LogP contribution in [-0.2, 0) is 9.53 Å². The highest BCUT2D eigenvalue weighted by molar-refractivity contribution is 6.04. The molecule has 0 aliphatic heterocycles. The van der Waals surface area contributed by atoms with Crippen molar-refractivity contribution >= 4 is 23.7 Å². The third kappa shape index (κ3) is 5.04. The summed E-state index contributed by atoms with van der Waals surface area (Å²) < 4.78 is 5.59. The van der Waals surface area contributed by atoms with Gasteiger partial charge in [-0.2, -0.15) is 0 Å². The minimum absolute atomic E-state index is 0.0868. The van der Waals surface area contributed by atoms with Gasteiger partial charge in [0, 0.05) is 5.92 Å². The fraction of sp³-hybridized carbons (Fsp3) is 0.250. The SMILES string of the molecule is Cc1ccc(NC(=O)OCC2c3ccccc3-c3ccccc32)c(C(=O)N[C@@H](C(=O)O)C(C)C)c1. The van der Waals surface area contributed by atoms with Gasteiger partial charge < -0.3 is 15.2 Å². The van der Waals surface area contributed by atoms with Gasteiger partial charge in [0.2, 0.25) is 0 Å². The van der Waals surface area contributed by atoms with Gasteiger partial charge in [0.1, 0.15) is 12.6 Å². The van der Waals surface area contributed by atoms with Crippen LogP contribution in [-0.4, -0.2) is 35.7 Å². The third-order valence-corrected chi connectivity index (χ3v) is 6.22. The molecular formula is C28H28N2O5. The number of aryl methyl sites for hydroxylation is 1. The predicted molar refractivity (Wildman–Crippen MR) is 134 cm³/mol. The summed E-state index contributed by atoms with van der Waals surface area (Å²) in [6, 6.07) is 20.0. The highest BCUT2D eigenvalue weighted by atomic mass is 16.5. The maximum Gasteiger partial charge on any atom is 0.411 e. The van der Waals surface area contributed by atoms with Gasteiger partial charge in [-0.3, -0.25) is 10.1 Å². The fourth-order valence-corrected chi connectivity index (χ4v) is 4.43. The first-order valence-corrected chi connectivity index (χ1v) is 11.5. The zero-order valence-corrected chi connectivity index (χ0v) is 19.9. The number of fused-ring (bicyclic) bond motifs is 3. The molecule has 7 heteroatoms. The molecule has 0 fully saturated rings. The topological polar surface area (TPSA) is 105 Å². The van der Waals surface area contributed by atoms with Crippen LogP contribution in [0.25, 0.3) is 11.1 Å². The van der Waals surface area contributed by atoms with Crippen LogP contribution >= 0.6 is 0 Å². The quantitative estimate of drug-likeness (QED) is 0.439. The smallest absolute Gasteiger partial charge is 0.411 e. The Balaban J connectivity index is 1.49. The molecule has 0 spiro atoms. The van der Waals surface area contributed by atoms with Crippen LogP contribution in [0.2, 0.25) is 0 Å². The lowest BCUT2D eigenvalue weighted by Crippen LogP contribution is -2.44. The zero-order valence-electron chi connectivity index (χ0n) is 19.9. The van der Waals surface area contributed by atoms with Crippen molar-refractivity contribution in [2.24, 2.45) is 5.92 Å². The molecule has 1 aliphatic carbocycles. The molecule has 0 saturated heterocycles. The first kappa shape index (κ1) is 24.0. The lowest BCUT2D eigenvalue weighted by molar-refractivity contribution is -0.140. The van der Waals surface area contributed by atoms with Crippen LogP contribution in [0.4, 0.5) is 10.5 Å². The standard InChI is InChI=1S/C28H28N2O5/c1-16(2)25(27(32)33)30-26(31)22-14-17(3)12-13-24(22)29-28(34)35-15-23-20-10-6-4-8-18(20)19-9-5-7-11-21(19)23/h4-14,16,23,25H,15H2,1-3H3,(H,29,34)(H,30,31)(H,32,33)/t25-/m1/s1. The molecule has 7 nitrogen and oxygen atoms in total. The second kappa shape index (κ2) is 10.0. The van der Waals surface area contributed by atoms with Gasteiger partial charge >= 0.3 is 12.1 Å². The molecule has 2 amide bonds. The van der Waals surface area contributed by atoms with Crippen LogP contribution in [0.3, 0.4) is 0 Å². The van der Waals surface area contributed by atoms with E-state index in [9.17, 15) is 19.5 Å². The molecule has 0 radical (unpaired) electrons. The Bertz CT molecular complexity index is 1240. The second-order valence-corrected chi connectivity index (χ2v) is 9.03. The summed E-state index contributed by atoms with van der Waals surface area (Å²) in [5, 5.41) is 14.6. The highest BCUT2D eigenvalue weighted by Gasteiger charge is 2.29. The normalized spacial score (nSPS) is 13.0. The van der Waals surface area contributed by atoms with Gasteiger partial charge in [0.25, 0.3) is 5.91 Å². The van der Waals surface area contributed by atoms with Gasteiger partial charge in [-0.1, -0.05) is 74.0 Å². The van der Waals surface area contributed by atoms with Crippen LogP contribution in [0.5, 0.6) is 0 Å². The molecule has 35 heavy (non-hydrogen) atoms. The summed E-state index contributed by atoms with van der Waals surface area (Å²) >= 11 is 0. The summed E-state index contributed by atoms with van der Waals surface area (Å²) in [6.45, 7) is 5.38. The average molecular weight is 473 g/mol. The van der Waals surface area contributed by atoms with E-state index in [0.717, 1.165) is 27.8 Å². The number of carbonyl (C=O) groups is 3. The molecular weight excluding hydrogens is 444 g/mol. The summed E-state index contributed by atoms with van der Waals surface area (Å²) in [6.07, 6.45) is -0.691. The van der Waals surface area contributed by atoms with E-state index in [0.29, 0.717) is 0 Å². The number of carboxylic acid groups (broad SMARTS) is 1. The van der Waals surface area contributed by atoms with Crippen molar-refractivity contribution in [1.29, 1.82) is 0 Å². The monoisotopic (exact) mass is 472 g/mol. The lowest BCUT2D eigenvalue weighted by atomic mass is 9.98. The largest absolute Gasteiger partial charge is 0.480 e. The van der Waals surface area contributed by atoms with Gasteiger partial charge in [-0.25, -0.2) is 9.59 Å². The number of carboxylic acids is 1. The molecule has 0 bridgehead atoms. The minimum Gasteiger partial charge on any atom is -0.480 e. The average Bonchev–Trinajstić information content (AvgIpc) is 3.15. The summed E-state index contributed by atoms with van der Waals surface area (Å²) in [5.41, 5.74) is 5.68. The number of aliphatic carboxylic acids is 1. The fourth-order valence-electron chi connectivity index (χ4n) is 4.43. The number of amides is 2. The Kier molecular flexibility index (Phi) is 6.87. The molecule has 1 atom stereocenters. The molecule has 0 heterocycles. The number of hydrogen-bond donors (Lipinski definition) is 3. The number of benzene rings is 3. The maximum absolute atomic E-state index is 12.9.